The number of fused-ring (bicyclic) bond motifs is 1. The van der Waals surface area contributed by atoms with Crippen LogP contribution in [0.2, 0.25) is 5.02 Å². The quantitative estimate of drug-likeness (QED) is 0.193. The molecule has 2 heterocycles. The van der Waals surface area contributed by atoms with Crippen LogP contribution in [-0.2, 0) is 19.7 Å². The Hall–Kier alpha value is -3.32. The molecule has 41 heavy (non-hydrogen) atoms. The van der Waals surface area contributed by atoms with Crippen molar-refractivity contribution in [1.29, 1.82) is 0 Å². The SMILES string of the molecule is COc1ccc(F)c(Cl)c1C(c1c[nH]c2ncc(Br)cc12)C(F)(S(=O)(=O)c1ccccc1)S(=O)(=O)c1ccccc1. The molecule has 3 aromatic carbocycles. The first kappa shape index (κ1) is 29.2. The van der Waals surface area contributed by atoms with Crippen LogP contribution in [0.25, 0.3) is 11.0 Å². The first-order chi connectivity index (χ1) is 19.4. The molecule has 5 rings (SSSR count). The van der Waals surface area contributed by atoms with Crippen LogP contribution in [0, 0.1) is 5.82 Å². The fourth-order valence-electron chi connectivity index (χ4n) is 4.72. The van der Waals surface area contributed by atoms with Crippen LogP contribution in [-0.4, -0.2) is 38.2 Å². The molecule has 1 atom stereocenters. The van der Waals surface area contributed by atoms with Crippen molar-refractivity contribution in [3.63, 3.8) is 0 Å². The number of rotatable bonds is 8. The molecule has 0 saturated heterocycles. The second-order valence-corrected chi connectivity index (χ2v) is 14.6. The average molecular weight is 682 g/mol. The second-order valence-electron chi connectivity index (χ2n) is 8.92. The number of hydrogen-bond donors (Lipinski definition) is 1. The van der Waals surface area contributed by atoms with Crippen molar-refractivity contribution in [2.45, 2.75) is 20.0 Å². The minimum absolute atomic E-state index is 0.166. The summed E-state index contributed by atoms with van der Waals surface area (Å²) in [5.41, 5.74) is -0.492. The first-order valence-electron chi connectivity index (χ1n) is 11.9. The summed E-state index contributed by atoms with van der Waals surface area (Å²) in [6.45, 7) is 0. The van der Waals surface area contributed by atoms with Crippen molar-refractivity contribution < 1.29 is 30.4 Å². The number of aromatic nitrogens is 2. The summed E-state index contributed by atoms with van der Waals surface area (Å²) in [5, 5.41) is -0.541. The van der Waals surface area contributed by atoms with Gasteiger partial charge >= 0.3 is 4.33 Å². The second kappa shape index (κ2) is 10.8. The van der Waals surface area contributed by atoms with E-state index in [1.54, 1.807) is 0 Å². The third-order valence-corrected chi connectivity index (χ3v) is 12.5. The van der Waals surface area contributed by atoms with Crippen LogP contribution in [0.15, 0.2) is 106 Å². The fraction of sp³-hybridized carbons (Fsp3) is 0.107. The number of nitrogens with zero attached hydrogens (tertiary/aromatic N) is 1. The van der Waals surface area contributed by atoms with Crippen LogP contribution in [0.5, 0.6) is 5.75 Å². The molecule has 5 aromatic rings. The third kappa shape index (κ3) is 4.62. The molecule has 0 fully saturated rings. The van der Waals surface area contributed by atoms with E-state index >= 15 is 8.78 Å². The Kier molecular flexibility index (Phi) is 7.70. The number of ether oxygens (including phenoxy) is 1. The largest absolute Gasteiger partial charge is 0.496 e. The molecule has 0 aliphatic heterocycles. The van der Waals surface area contributed by atoms with Gasteiger partial charge in [-0.05, 0) is 64.0 Å². The van der Waals surface area contributed by atoms with Crippen molar-refractivity contribution in [3.8, 4) is 5.75 Å². The zero-order chi connectivity index (χ0) is 29.6. The smallest absolute Gasteiger partial charge is 0.328 e. The predicted molar refractivity (Wildman–Crippen MR) is 155 cm³/mol. The Morgan fingerprint density at radius 3 is 2.05 bits per heavy atom. The normalized spacial score (nSPS) is 13.3. The van der Waals surface area contributed by atoms with Crippen molar-refractivity contribution in [2.75, 3.05) is 7.11 Å². The van der Waals surface area contributed by atoms with Gasteiger partial charge in [0.05, 0.1) is 27.8 Å². The highest BCUT2D eigenvalue weighted by Crippen LogP contribution is 2.54. The van der Waals surface area contributed by atoms with Gasteiger partial charge in [-0.3, -0.25) is 0 Å². The highest BCUT2D eigenvalue weighted by atomic mass is 79.9. The lowest BCUT2D eigenvalue weighted by Crippen LogP contribution is -2.48. The molecule has 2 aromatic heterocycles. The Balaban J connectivity index is 2.02. The number of alkyl halides is 1. The summed E-state index contributed by atoms with van der Waals surface area (Å²) < 4.78 is 92.8. The molecule has 0 aliphatic rings. The number of benzene rings is 3. The van der Waals surface area contributed by atoms with Crippen molar-refractivity contribution in [1.82, 2.24) is 9.97 Å². The molecule has 0 bridgehead atoms. The maximum absolute atomic E-state index is 18.4. The minimum atomic E-state index is -5.45. The van der Waals surface area contributed by atoms with Crippen LogP contribution >= 0.6 is 27.5 Å². The van der Waals surface area contributed by atoms with Gasteiger partial charge < -0.3 is 9.72 Å². The van der Waals surface area contributed by atoms with E-state index in [1.165, 1.54) is 62.0 Å². The molecule has 212 valence electrons. The number of nitrogens with one attached hydrogen (secondary N) is 1. The highest BCUT2D eigenvalue weighted by molar-refractivity contribution is 9.10. The summed E-state index contributed by atoms with van der Waals surface area (Å²) in [5.74, 6) is -3.55. The molecule has 0 saturated carbocycles. The van der Waals surface area contributed by atoms with Gasteiger partial charge in [-0.2, -0.15) is 0 Å². The summed E-state index contributed by atoms with van der Waals surface area (Å²) in [6.07, 6.45) is 2.67. The maximum atomic E-state index is 18.4. The number of pyridine rings is 1. The molecule has 1 unspecified atom stereocenters. The summed E-state index contributed by atoms with van der Waals surface area (Å²) >= 11 is 9.72. The van der Waals surface area contributed by atoms with E-state index in [0.29, 0.717) is 4.47 Å². The fourth-order valence-corrected chi connectivity index (χ4v) is 9.83. The van der Waals surface area contributed by atoms with Crippen LogP contribution < -0.4 is 4.74 Å². The number of aromatic amines is 1. The lowest BCUT2D eigenvalue weighted by atomic mass is 9.91. The highest BCUT2D eigenvalue weighted by Gasteiger charge is 2.64. The lowest BCUT2D eigenvalue weighted by molar-refractivity contribution is 0.320. The van der Waals surface area contributed by atoms with E-state index < -0.39 is 56.1 Å². The molecule has 0 spiro atoms. The van der Waals surface area contributed by atoms with Crippen molar-refractivity contribution >= 4 is 58.2 Å². The molecule has 7 nitrogen and oxygen atoms in total. The Morgan fingerprint density at radius 1 is 0.951 bits per heavy atom. The van der Waals surface area contributed by atoms with Crippen LogP contribution in [0.3, 0.4) is 0 Å². The van der Waals surface area contributed by atoms with Gasteiger partial charge in [0.1, 0.15) is 17.2 Å². The van der Waals surface area contributed by atoms with Gasteiger partial charge in [0.2, 0.25) is 19.7 Å². The van der Waals surface area contributed by atoms with Gasteiger partial charge in [-0.1, -0.05) is 48.0 Å². The number of methoxy groups -OCH3 is 1. The third-order valence-electron chi connectivity index (χ3n) is 6.63. The monoisotopic (exact) mass is 680 g/mol. The van der Waals surface area contributed by atoms with E-state index in [0.717, 1.165) is 36.4 Å². The topological polar surface area (TPSA) is 106 Å². The first-order valence-corrected chi connectivity index (χ1v) is 16.0. The van der Waals surface area contributed by atoms with Crippen molar-refractivity contribution in [2.24, 2.45) is 0 Å². The van der Waals surface area contributed by atoms with Gasteiger partial charge in [-0.25, -0.2) is 30.6 Å². The number of hydrogen-bond acceptors (Lipinski definition) is 6. The molecule has 0 aliphatic carbocycles. The number of H-pyrrole nitrogens is 1. The minimum Gasteiger partial charge on any atom is -0.496 e. The molecular weight excluding hydrogens is 662 g/mol. The molecule has 13 heteroatoms. The Labute approximate surface area is 248 Å². The summed E-state index contributed by atoms with van der Waals surface area (Å²) in [4.78, 5) is 5.82. The maximum Gasteiger partial charge on any atom is 0.328 e. The van der Waals surface area contributed by atoms with E-state index in [9.17, 15) is 16.8 Å². The van der Waals surface area contributed by atoms with E-state index in [1.807, 2.05) is 0 Å². The Bertz CT molecular complexity index is 1900. The van der Waals surface area contributed by atoms with Gasteiger partial charge in [0.15, 0.2) is 0 Å². The predicted octanol–water partition coefficient (Wildman–Crippen LogP) is 6.83. The van der Waals surface area contributed by atoms with E-state index in [2.05, 4.69) is 25.9 Å². The molecule has 0 amide bonds. The number of halogens is 4. The number of sulfone groups is 2. The van der Waals surface area contributed by atoms with Crippen molar-refractivity contribution in [3.05, 3.63) is 118 Å². The summed E-state index contributed by atoms with van der Waals surface area (Å²) in [6, 6.07) is 16.2. The Morgan fingerprint density at radius 2 is 1.51 bits per heavy atom. The zero-order valence-corrected chi connectivity index (χ0v) is 25.0. The molecule has 0 radical (unpaired) electrons. The van der Waals surface area contributed by atoms with Gasteiger partial charge in [-0.15, -0.1) is 0 Å². The molecule has 1 N–H and O–H groups in total. The van der Waals surface area contributed by atoms with Gasteiger partial charge in [0, 0.05) is 27.8 Å². The zero-order valence-electron chi connectivity index (χ0n) is 21.1. The van der Waals surface area contributed by atoms with Gasteiger partial charge in [0.25, 0.3) is 0 Å². The lowest BCUT2D eigenvalue weighted by Gasteiger charge is -2.34. The van der Waals surface area contributed by atoms with Crippen LogP contribution in [0.4, 0.5) is 8.78 Å². The van der Waals surface area contributed by atoms with E-state index in [-0.39, 0.29) is 22.3 Å². The summed E-state index contributed by atoms with van der Waals surface area (Å²) in [7, 11) is -9.71. The average Bonchev–Trinajstić information content (AvgIpc) is 3.38. The van der Waals surface area contributed by atoms with Crippen LogP contribution in [0.1, 0.15) is 17.0 Å². The standard InChI is InChI=1S/C28H20BrClF2N2O5S2/c1-39-23-13-12-22(31)26(30)24(23)25(21-16-34-27-20(21)14-17(29)15-33-27)28(32,40(35,36)18-8-4-2-5-9-18)41(37,38)19-10-6-3-7-11-19/h2-16,25H,1H3,(H,33,34). The van der Waals surface area contributed by atoms with E-state index in [4.69, 9.17) is 16.3 Å². The molecular formula is C28H20BrClF2N2O5S2.